The van der Waals surface area contributed by atoms with E-state index in [2.05, 4.69) is 16.9 Å². The van der Waals surface area contributed by atoms with Gasteiger partial charge in [-0.15, -0.1) is 0 Å². The summed E-state index contributed by atoms with van der Waals surface area (Å²) in [6, 6.07) is 26.5. The smallest absolute Gasteiger partial charge is 0.271 e. The van der Waals surface area contributed by atoms with E-state index in [1.807, 2.05) is 59.2 Å². The molecule has 6 heteroatoms. The average molecular weight is 404 g/mol. The number of aromatic nitrogens is 1. The van der Waals surface area contributed by atoms with E-state index in [1.54, 1.807) is 24.3 Å². The van der Waals surface area contributed by atoms with Gasteiger partial charge in [0.15, 0.2) is 0 Å². The van der Waals surface area contributed by atoms with Crippen molar-refractivity contribution in [3.05, 3.63) is 95.5 Å². The Morgan fingerprint density at radius 1 is 0.828 bits per heavy atom. The Morgan fingerprint density at radius 3 is 2.31 bits per heavy atom. The zero-order valence-corrected chi connectivity index (χ0v) is 16.2. The lowest BCUT2D eigenvalue weighted by molar-refractivity contribution is -0.122. The summed E-state index contributed by atoms with van der Waals surface area (Å²) in [4.78, 5) is 24.8. The number of rotatable bonds is 4. The summed E-state index contributed by atoms with van der Waals surface area (Å²) in [6.07, 6.45) is 0. The van der Waals surface area contributed by atoms with Gasteiger partial charge in [0.25, 0.3) is 11.8 Å². The summed E-state index contributed by atoms with van der Waals surface area (Å²) < 4.78 is 1.93. The van der Waals surface area contributed by atoms with Gasteiger partial charge in [0.05, 0.1) is 10.6 Å². The first-order valence-corrected chi connectivity index (χ1v) is 9.48. The van der Waals surface area contributed by atoms with Crippen LogP contribution in [0.1, 0.15) is 10.4 Å². The number of amides is 2. The first-order chi connectivity index (χ1) is 14.1. The fraction of sp³-hybridized carbons (Fsp3) is 0.0435. The van der Waals surface area contributed by atoms with Crippen molar-refractivity contribution >= 4 is 34.3 Å². The molecule has 0 saturated carbocycles. The van der Waals surface area contributed by atoms with Gasteiger partial charge in [0.2, 0.25) is 0 Å². The Labute approximate surface area is 172 Å². The first kappa shape index (κ1) is 18.8. The monoisotopic (exact) mass is 403 g/mol. The minimum absolute atomic E-state index is 0.0561. The highest BCUT2D eigenvalue weighted by Crippen LogP contribution is 2.28. The molecule has 4 aromatic rings. The molecule has 4 rings (SSSR count). The van der Waals surface area contributed by atoms with Gasteiger partial charge in [0, 0.05) is 16.6 Å². The quantitative estimate of drug-likeness (QED) is 0.495. The van der Waals surface area contributed by atoms with Crippen LogP contribution in [0.5, 0.6) is 0 Å². The number of benzene rings is 3. The molecule has 3 aromatic carbocycles. The third-order valence-electron chi connectivity index (χ3n) is 4.62. The molecule has 0 unspecified atom stereocenters. The lowest BCUT2D eigenvalue weighted by Gasteiger charge is -2.12. The molecule has 0 atom stereocenters. The fourth-order valence-corrected chi connectivity index (χ4v) is 3.47. The van der Waals surface area contributed by atoms with Crippen molar-refractivity contribution in [3.63, 3.8) is 0 Å². The van der Waals surface area contributed by atoms with Crippen LogP contribution in [0.15, 0.2) is 84.9 Å². The zero-order chi connectivity index (χ0) is 20.2. The van der Waals surface area contributed by atoms with Crippen molar-refractivity contribution < 1.29 is 9.59 Å². The van der Waals surface area contributed by atoms with Crippen LogP contribution in [0.25, 0.3) is 22.2 Å². The molecule has 0 saturated heterocycles. The number of halogens is 1. The number of hydrogen-bond acceptors (Lipinski definition) is 2. The lowest BCUT2D eigenvalue weighted by Crippen LogP contribution is -2.43. The molecule has 5 nitrogen and oxygen atoms in total. The Bertz CT molecular complexity index is 1190. The molecule has 2 N–H and O–H groups in total. The molecule has 2 amide bonds. The number of carbonyl (C=O) groups is 2. The van der Waals surface area contributed by atoms with E-state index in [1.165, 1.54) is 0 Å². The van der Waals surface area contributed by atoms with Gasteiger partial charge in [-0.1, -0.05) is 72.3 Å². The van der Waals surface area contributed by atoms with Crippen molar-refractivity contribution in [2.24, 2.45) is 0 Å². The van der Waals surface area contributed by atoms with Crippen LogP contribution in [-0.2, 0) is 11.3 Å². The topological polar surface area (TPSA) is 63.1 Å². The molecular weight excluding hydrogens is 386 g/mol. The van der Waals surface area contributed by atoms with E-state index < -0.39 is 5.91 Å². The third-order valence-corrected chi connectivity index (χ3v) is 4.95. The Kier molecular flexibility index (Phi) is 5.31. The molecule has 0 bridgehead atoms. The normalized spacial score (nSPS) is 10.7. The van der Waals surface area contributed by atoms with Crippen LogP contribution in [0.2, 0.25) is 5.02 Å². The number of fused-ring (bicyclic) bond motifs is 1. The summed E-state index contributed by atoms with van der Waals surface area (Å²) in [7, 11) is 0. The maximum atomic E-state index is 12.6. The van der Waals surface area contributed by atoms with E-state index in [0.29, 0.717) is 10.6 Å². The summed E-state index contributed by atoms with van der Waals surface area (Å²) >= 11 is 6.03. The first-order valence-electron chi connectivity index (χ1n) is 9.11. The van der Waals surface area contributed by atoms with Crippen molar-refractivity contribution in [2.45, 2.75) is 6.54 Å². The van der Waals surface area contributed by atoms with Gasteiger partial charge in [0.1, 0.15) is 6.54 Å². The predicted molar refractivity (Wildman–Crippen MR) is 114 cm³/mol. The SMILES string of the molecule is O=C(Cn1c(-c2ccccc2)cc2ccccc21)NNC(=O)c1ccccc1Cl. The lowest BCUT2D eigenvalue weighted by atomic mass is 10.1. The molecule has 0 fully saturated rings. The van der Waals surface area contributed by atoms with E-state index in [4.69, 9.17) is 11.6 Å². The molecule has 0 aliphatic heterocycles. The van der Waals surface area contributed by atoms with Crippen LogP contribution in [0, 0.1) is 0 Å². The van der Waals surface area contributed by atoms with Crippen molar-refractivity contribution in [2.75, 3.05) is 0 Å². The van der Waals surface area contributed by atoms with Crippen molar-refractivity contribution in [1.29, 1.82) is 0 Å². The maximum Gasteiger partial charge on any atom is 0.271 e. The molecule has 144 valence electrons. The molecule has 0 aliphatic carbocycles. The molecule has 0 spiro atoms. The minimum atomic E-state index is -0.468. The molecule has 29 heavy (non-hydrogen) atoms. The van der Waals surface area contributed by atoms with E-state index >= 15 is 0 Å². The van der Waals surface area contributed by atoms with Crippen LogP contribution in [0.3, 0.4) is 0 Å². The highest BCUT2D eigenvalue weighted by Gasteiger charge is 2.15. The largest absolute Gasteiger partial charge is 0.331 e. The summed E-state index contributed by atoms with van der Waals surface area (Å²) in [5, 5.41) is 1.36. The van der Waals surface area contributed by atoms with Crippen LogP contribution in [0.4, 0.5) is 0 Å². The molecule has 1 aromatic heterocycles. The van der Waals surface area contributed by atoms with E-state index in [-0.39, 0.29) is 12.5 Å². The van der Waals surface area contributed by atoms with Gasteiger partial charge in [-0.05, 0) is 29.8 Å². The Morgan fingerprint density at radius 2 is 1.52 bits per heavy atom. The summed E-state index contributed by atoms with van der Waals surface area (Å²) in [6.45, 7) is 0.0561. The van der Waals surface area contributed by atoms with Crippen molar-refractivity contribution in [1.82, 2.24) is 15.4 Å². The number of hydrogen-bond donors (Lipinski definition) is 2. The number of carbonyl (C=O) groups excluding carboxylic acids is 2. The van der Waals surface area contributed by atoms with E-state index in [9.17, 15) is 9.59 Å². The second kappa shape index (κ2) is 8.20. The third kappa shape index (κ3) is 4.00. The zero-order valence-electron chi connectivity index (χ0n) is 15.4. The summed E-state index contributed by atoms with van der Waals surface area (Å²) in [5.74, 6) is -0.812. The van der Waals surface area contributed by atoms with Crippen LogP contribution >= 0.6 is 11.6 Å². The van der Waals surface area contributed by atoms with Crippen LogP contribution in [-0.4, -0.2) is 16.4 Å². The number of nitrogens with one attached hydrogen (secondary N) is 2. The van der Waals surface area contributed by atoms with Gasteiger partial charge in [-0.25, -0.2) is 0 Å². The molecular formula is C23H18ClN3O2. The van der Waals surface area contributed by atoms with Crippen LogP contribution < -0.4 is 10.9 Å². The highest BCUT2D eigenvalue weighted by molar-refractivity contribution is 6.33. The minimum Gasteiger partial charge on any atom is -0.331 e. The standard InChI is InChI=1S/C23H18ClN3O2/c24-19-12-6-5-11-18(19)23(29)26-25-22(28)15-27-20-13-7-4-10-17(20)14-21(27)16-8-2-1-3-9-16/h1-14H,15H2,(H,25,28)(H,26,29). The van der Waals surface area contributed by atoms with Gasteiger partial charge in [-0.3, -0.25) is 20.4 Å². The highest BCUT2D eigenvalue weighted by atomic mass is 35.5. The maximum absolute atomic E-state index is 12.6. The van der Waals surface area contributed by atoms with Gasteiger partial charge in [-0.2, -0.15) is 0 Å². The molecule has 0 radical (unpaired) electrons. The molecule has 0 aliphatic rings. The number of para-hydroxylation sites is 1. The van der Waals surface area contributed by atoms with E-state index in [0.717, 1.165) is 22.2 Å². The number of nitrogens with zero attached hydrogens (tertiary/aromatic N) is 1. The van der Waals surface area contributed by atoms with Gasteiger partial charge < -0.3 is 4.57 Å². The van der Waals surface area contributed by atoms with Gasteiger partial charge >= 0.3 is 0 Å². The number of hydrazine groups is 1. The summed E-state index contributed by atoms with van der Waals surface area (Å²) in [5.41, 5.74) is 8.08. The molecule has 1 heterocycles. The predicted octanol–water partition coefficient (Wildman–Crippen LogP) is 4.42. The van der Waals surface area contributed by atoms with Crippen molar-refractivity contribution in [3.8, 4) is 11.3 Å². The second-order valence-electron chi connectivity index (χ2n) is 6.52. The fourth-order valence-electron chi connectivity index (χ4n) is 3.25. The average Bonchev–Trinajstić information content (AvgIpc) is 3.11. The Hall–Kier alpha value is -3.57. The second-order valence-corrected chi connectivity index (χ2v) is 6.93. The Balaban J connectivity index is 1.55.